The minimum absolute atomic E-state index is 0.00689. The van der Waals surface area contributed by atoms with Gasteiger partial charge in [-0.05, 0) is 17.7 Å². The van der Waals surface area contributed by atoms with Crippen molar-refractivity contribution in [2.75, 3.05) is 39.8 Å². The molecule has 0 atom stereocenters. The van der Waals surface area contributed by atoms with Crippen LogP contribution in [0.2, 0.25) is 0 Å². The van der Waals surface area contributed by atoms with Gasteiger partial charge in [-0.1, -0.05) is 30.3 Å². The molecule has 1 aliphatic rings. The smallest absolute Gasteiger partial charge is 0.259 e. The number of carbonyl (C=O) groups is 2. The lowest BCUT2D eigenvalue weighted by molar-refractivity contribution is -0.122. The van der Waals surface area contributed by atoms with E-state index in [1.165, 1.54) is 7.11 Å². The van der Waals surface area contributed by atoms with Crippen molar-refractivity contribution in [3.8, 4) is 5.88 Å². The third-order valence-corrected chi connectivity index (χ3v) is 4.55. The molecule has 1 aliphatic heterocycles. The highest BCUT2D eigenvalue weighted by atomic mass is 16.5. The molecule has 1 fully saturated rings. The zero-order chi connectivity index (χ0) is 19.1. The van der Waals surface area contributed by atoms with Gasteiger partial charge in [-0.15, -0.1) is 0 Å². The van der Waals surface area contributed by atoms with Crippen molar-refractivity contribution in [3.05, 3.63) is 59.8 Å². The lowest BCUT2D eigenvalue weighted by Gasteiger charge is -2.34. The Hall–Kier alpha value is -2.93. The number of piperazine rings is 1. The molecule has 0 unspecified atom stereocenters. The van der Waals surface area contributed by atoms with E-state index in [4.69, 9.17) is 4.74 Å². The van der Waals surface area contributed by atoms with Gasteiger partial charge < -0.3 is 15.0 Å². The molecule has 1 saturated heterocycles. The number of benzene rings is 1. The number of nitrogens with one attached hydrogen (secondary N) is 1. The summed E-state index contributed by atoms with van der Waals surface area (Å²) in [7, 11) is 1.51. The summed E-state index contributed by atoms with van der Waals surface area (Å²) in [5, 5.41) is 2.94. The predicted molar refractivity (Wildman–Crippen MR) is 101 cm³/mol. The van der Waals surface area contributed by atoms with Gasteiger partial charge in [0.2, 0.25) is 11.8 Å². The van der Waals surface area contributed by atoms with Crippen LogP contribution >= 0.6 is 0 Å². The van der Waals surface area contributed by atoms with Gasteiger partial charge in [0, 0.05) is 38.9 Å². The molecule has 1 aromatic heterocycles. The number of amides is 2. The van der Waals surface area contributed by atoms with Gasteiger partial charge in [0.15, 0.2) is 0 Å². The van der Waals surface area contributed by atoms with Crippen molar-refractivity contribution >= 4 is 11.8 Å². The molecule has 1 N–H and O–H groups in total. The molecule has 0 bridgehead atoms. The number of pyridine rings is 1. The number of hydrogen-bond acceptors (Lipinski definition) is 5. The van der Waals surface area contributed by atoms with Gasteiger partial charge in [0.05, 0.1) is 13.7 Å². The number of rotatable bonds is 6. The van der Waals surface area contributed by atoms with Crippen molar-refractivity contribution in [2.24, 2.45) is 0 Å². The van der Waals surface area contributed by atoms with E-state index >= 15 is 0 Å². The maximum atomic E-state index is 12.7. The second-order valence-corrected chi connectivity index (χ2v) is 6.39. The Kier molecular flexibility index (Phi) is 6.38. The molecule has 2 aromatic rings. The van der Waals surface area contributed by atoms with Crippen molar-refractivity contribution in [1.82, 2.24) is 20.1 Å². The summed E-state index contributed by atoms with van der Waals surface area (Å²) in [6.45, 7) is 3.33. The third-order valence-electron chi connectivity index (χ3n) is 4.55. The average Bonchev–Trinajstić information content (AvgIpc) is 2.73. The SMILES string of the molecule is COc1ncccc1C(=O)N1CCN(CC(=O)NCc2ccccc2)CC1. The molecular formula is C20H24N4O3. The normalized spacial score (nSPS) is 14.6. The first-order chi connectivity index (χ1) is 13.2. The van der Waals surface area contributed by atoms with Gasteiger partial charge >= 0.3 is 0 Å². The van der Waals surface area contributed by atoms with Crippen LogP contribution in [0.3, 0.4) is 0 Å². The molecule has 1 aromatic carbocycles. The van der Waals surface area contributed by atoms with Crippen LogP contribution in [0.15, 0.2) is 48.7 Å². The quantitative estimate of drug-likeness (QED) is 0.828. The van der Waals surface area contributed by atoms with Gasteiger partial charge in [-0.3, -0.25) is 14.5 Å². The minimum Gasteiger partial charge on any atom is -0.480 e. The average molecular weight is 368 g/mol. The Labute approximate surface area is 158 Å². The molecule has 0 saturated carbocycles. The van der Waals surface area contributed by atoms with Crippen LogP contribution in [0, 0.1) is 0 Å². The monoisotopic (exact) mass is 368 g/mol. The van der Waals surface area contributed by atoms with Crippen LogP contribution in [0.5, 0.6) is 5.88 Å². The highest BCUT2D eigenvalue weighted by molar-refractivity contribution is 5.96. The molecule has 2 amide bonds. The van der Waals surface area contributed by atoms with E-state index in [0.717, 1.165) is 5.56 Å². The lowest BCUT2D eigenvalue weighted by Crippen LogP contribution is -2.51. The topological polar surface area (TPSA) is 74.8 Å². The summed E-state index contributed by atoms with van der Waals surface area (Å²) >= 11 is 0. The summed E-state index contributed by atoms with van der Waals surface area (Å²) in [5.41, 5.74) is 1.54. The molecule has 7 heteroatoms. The Morgan fingerprint density at radius 1 is 1.07 bits per heavy atom. The largest absolute Gasteiger partial charge is 0.480 e. The van der Waals surface area contributed by atoms with Crippen LogP contribution in [0.1, 0.15) is 15.9 Å². The lowest BCUT2D eigenvalue weighted by atomic mass is 10.2. The van der Waals surface area contributed by atoms with E-state index in [-0.39, 0.29) is 11.8 Å². The van der Waals surface area contributed by atoms with E-state index in [9.17, 15) is 9.59 Å². The predicted octanol–water partition coefficient (Wildman–Crippen LogP) is 1.16. The first-order valence-corrected chi connectivity index (χ1v) is 8.98. The van der Waals surface area contributed by atoms with E-state index in [1.807, 2.05) is 30.3 Å². The van der Waals surface area contributed by atoms with Gasteiger partial charge in [0.1, 0.15) is 5.56 Å². The number of carbonyl (C=O) groups excluding carboxylic acids is 2. The molecular weight excluding hydrogens is 344 g/mol. The first-order valence-electron chi connectivity index (χ1n) is 8.98. The Morgan fingerprint density at radius 2 is 1.81 bits per heavy atom. The Balaban J connectivity index is 1.46. The van der Waals surface area contributed by atoms with Crippen LogP contribution in [0.4, 0.5) is 0 Å². The molecule has 0 radical (unpaired) electrons. The van der Waals surface area contributed by atoms with E-state index in [0.29, 0.717) is 50.7 Å². The molecule has 3 rings (SSSR count). The molecule has 2 heterocycles. The maximum absolute atomic E-state index is 12.7. The number of methoxy groups -OCH3 is 1. The number of nitrogens with zero attached hydrogens (tertiary/aromatic N) is 3. The van der Waals surface area contributed by atoms with Crippen LogP contribution in [-0.4, -0.2) is 66.4 Å². The fraction of sp³-hybridized carbons (Fsp3) is 0.350. The van der Waals surface area contributed by atoms with Crippen molar-refractivity contribution < 1.29 is 14.3 Å². The summed E-state index contributed by atoms with van der Waals surface area (Å²) in [6.07, 6.45) is 1.60. The first kappa shape index (κ1) is 18.8. The maximum Gasteiger partial charge on any atom is 0.259 e. The Morgan fingerprint density at radius 3 is 2.52 bits per heavy atom. The minimum atomic E-state index is -0.0897. The van der Waals surface area contributed by atoms with Crippen LogP contribution in [-0.2, 0) is 11.3 Å². The highest BCUT2D eigenvalue weighted by Gasteiger charge is 2.25. The number of aromatic nitrogens is 1. The fourth-order valence-corrected chi connectivity index (χ4v) is 3.05. The van der Waals surface area contributed by atoms with Crippen molar-refractivity contribution in [2.45, 2.75) is 6.54 Å². The summed E-state index contributed by atoms with van der Waals surface area (Å²) in [4.78, 5) is 32.7. The summed E-state index contributed by atoms with van der Waals surface area (Å²) < 4.78 is 5.17. The molecule has 7 nitrogen and oxygen atoms in total. The van der Waals surface area contributed by atoms with Crippen LogP contribution in [0.25, 0.3) is 0 Å². The molecule has 27 heavy (non-hydrogen) atoms. The van der Waals surface area contributed by atoms with E-state index in [2.05, 4.69) is 15.2 Å². The Bertz CT molecular complexity index is 774. The zero-order valence-corrected chi connectivity index (χ0v) is 15.4. The zero-order valence-electron chi connectivity index (χ0n) is 15.4. The second kappa shape index (κ2) is 9.14. The number of hydrogen-bond donors (Lipinski definition) is 1. The van der Waals surface area contributed by atoms with E-state index in [1.54, 1.807) is 23.2 Å². The number of ether oxygens (including phenoxy) is 1. The fourth-order valence-electron chi connectivity index (χ4n) is 3.05. The van der Waals surface area contributed by atoms with Gasteiger partial charge in [-0.2, -0.15) is 0 Å². The van der Waals surface area contributed by atoms with Crippen molar-refractivity contribution in [1.29, 1.82) is 0 Å². The summed E-state index contributed by atoms with van der Waals surface area (Å²) in [6, 6.07) is 13.3. The van der Waals surface area contributed by atoms with E-state index < -0.39 is 0 Å². The molecule has 0 spiro atoms. The molecule has 0 aliphatic carbocycles. The summed E-state index contributed by atoms with van der Waals surface area (Å²) in [5.74, 6) is 0.242. The third kappa shape index (κ3) is 5.04. The highest BCUT2D eigenvalue weighted by Crippen LogP contribution is 2.17. The molecule has 142 valence electrons. The van der Waals surface area contributed by atoms with Crippen LogP contribution < -0.4 is 10.1 Å². The van der Waals surface area contributed by atoms with Gasteiger partial charge in [0.25, 0.3) is 5.91 Å². The van der Waals surface area contributed by atoms with Crippen molar-refractivity contribution in [3.63, 3.8) is 0 Å². The van der Waals surface area contributed by atoms with Gasteiger partial charge in [-0.25, -0.2) is 4.98 Å². The second-order valence-electron chi connectivity index (χ2n) is 6.39. The standard InChI is InChI=1S/C20H24N4O3/c1-27-19-17(8-5-9-21-19)20(26)24-12-10-23(11-13-24)15-18(25)22-14-16-6-3-2-4-7-16/h2-9H,10-15H2,1H3,(H,22,25).